The Kier molecular flexibility index (Phi) is 6.86. The molecule has 0 heterocycles. The SMILES string of the molecule is C=CCCCC(NCC)c1cc(Cl)ccc1Br. The molecule has 0 amide bonds. The molecule has 0 bridgehead atoms. The first-order chi connectivity index (χ1) is 8.19. The Morgan fingerprint density at radius 1 is 1.53 bits per heavy atom. The van der Waals surface area contributed by atoms with E-state index in [1.54, 1.807) is 0 Å². The average Bonchev–Trinajstić information content (AvgIpc) is 2.32. The summed E-state index contributed by atoms with van der Waals surface area (Å²) in [6.07, 6.45) is 5.26. The van der Waals surface area contributed by atoms with Gasteiger partial charge < -0.3 is 5.32 Å². The molecule has 0 radical (unpaired) electrons. The molecule has 1 aromatic rings. The van der Waals surface area contributed by atoms with Crippen LogP contribution in [0.5, 0.6) is 0 Å². The van der Waals surface area contributed by atoms with E-state index < -0.39 is 0 Å². The molecular formula is C14H19BrClN. The lowest BCUT2D eigenvalue weighted by molar-refractivity contribution is 0.499. The number of hydrogen-bond donors (Lipinski definition) is 1. The molecule has 1 rings (SSSR count). The molecule has 0 aliphatic carbocycles. The van der Waals surface area contributed by atoms with Crippen molar-refractivity contribution in [2.45, 2.75) is 32.2 Å². The fourth-order valence-electron chi connectivity index (χ4n) is 1.86. The van der Waals surface area contributed by atoms with Crippen molar-refractivity contribution >= 4 is 27.5 Å². The van der Waals surface area contributed by atoms with Crippen molar-refractivity contribution < 1.29 is 0 Å². The minimum atomic E-state index is 0.355. The van der Waals surface area contributed by atoms with Crippen LogP contribution in [0.15, 0.2) is 35.3 Å². The number of halogens is 2. The fraction of sp³-hybridized carbons (Fsp3) is 0.429. The number of rotatable bonds is 7. The molecule has 0 aliphatic rings. The topological polar surface area (TPSA) is 12.0 Å². The van der Waals surface area contributed by atoms with Crippen molar-refractivity contribution in [3.63, 3.8) is 0 Å². The van der Waals surface area contributed by atoms with E-state index >= 15 is 0 Å². The number of nitrogens with one attached hydrogen (secondary N) is 1. The van der Waals surface area contributed by atoms with E-state index in [-0.39, 0.29) is 0 Å². The Hall–Kier alpha value is -0.310. The second kappa shape index (κ2) is 7.91. The van der Waals surface area contributed by atoms with Crippen LogP contribution in [0.25, 0.3) is 0 Å². The highest BCUT2D eigenvalue weighted by atomic mass is 79.9. The lowest BCUT2D eigenvalue weighted by Crippen LogP contribution is -2.21. The van der Waals surface area contributed by atoms with Gasteiger partial charge in [0.15, 0.2) is 0 Å². The third-order valence-corrected chi connectivity index (χ3v) is 3.64. The average molecular weight is 317 g/mol. The molecule has 1 nitrogen and oxygen atoms in total. The first-order valence-electron chi connectivity index (χ1n) is 5.98. The van der Waals surface area contributed by atoms with Crippen LogP contribution < -0.4 is 5.32 Å². The predicted octanol–water partition coefficient (Wildman–Crippen LogP) is 5.11. The van der Waals surface area contributed by atoms with Crippen LogP contribution in [0.4, 0.5) is 0 Å². The molecule has 0 fully saturated rings. The van der Waals surface area contributed by atoms with Gasteiger partial charge in [-0.25, -0.2) is 0 Å². The zero-order valence-electron chi connectivity index (χ0n) is 10.2. The smallest absolute Gasteiger partial charge is 0.0410 e. The van der Waals surface area contributed by atoms with Gasteiger partial charge >= 0.3 is 0 Å². The summed E-state index contributed by atoms with van der Waals surface area (Å²) in [7, 11) is 0. The number of hydrogen-bond acceptors (Lipinski definition) is 1. The lowest BCUT2D eigenvalue weighted by Gasteiger charge is -2.19. The second-order valence-corrected chi connectivity index (χ2v) is 5.29. The highest BCUT2D eigenvalue weighted by Crippen LogP contribution is 2.29. The van der Waals surface area contributed by atoms with Gasteiger partial charge in [0.05, 0.1) is 0 Å². The zero-order chi connectivity index (χ0) is 12.7. The van der Waals surface area contributed by atoms with E-state index in [9.17, 15) is 0 Å². The maximum Gasteiger partial charge on any atom is 0.0410 e. The van der Waals surface area contributed by atoms with Crippen molar-refractivity contribution in [2.24, 2.45) is 0 Å². The number of benzene rings is 1. The molecule has 1 atom stereocenters. The van der Waals surface area contributed by atoms with Crippen LogP contribution in [0.3, 0.4) is 0 Å². The van der Waals surface area contributed by atoms with Crippen LogP contribution in [-0.4, -0.2) is 6.54 Å². The van der Waals surface area contributed by atoms with Crippen LogP contribution >= 0.6 is 27.5 Å². The summed E-state index contributed by atoms with van der Waals surface area (Å²) < 4.78 is 1.12. The van der Waals surface area contributed by atoms with Crippen LogP contribution in [-0.2, 0) is 0 Å². The second-order valence-electron chi connectivity index (χ2n) is 4.00. The van der Waals surface area contributed by atoms with Crippen LogP contribution in [0, 0.1) is 0 Å². The third-order valence-electron chi connectivity index (χ3n) is 2.69. The van der Waals surface area contributed by atoms with Gasteiger partial charge in [-0.15, -0.1) is 6.58 Å². The Labute approximate surface area is 117 Å². The van der Waals surface area contributed by atoms with Crippen LogP contribution in [0.2, 0.25) is 5.02 Å². The summed E-state index contributed by atoms with van der Waals surface area (Å²) in [5.74, 6) is 0. The quantitative estimate of drug-likeness (QED) is 0.544. The molecule has 3 heteroatoms. The highest BCUT2D eigenvalue weighted by molar-refractivity contribution is 9.10. The normalized spacial score (nSPS) is 12.4. The van der Waals surface area contributed by atoms with Crippen molar-refractivity contribution in [1.29, 1.82) is 0 Å². The first-order valence-corrected chi connectivity index (χ1v) is 7.15. The van der Waals surface area contributed by atoms with Crippen molar-refractivity contribution in [2.75, 3.05) is 6.54 Å². The van der Waals surface area contributed by atoms with E-state index in [4.69, 9.17) is 11.6 Å². The number of unbranched alkanes of at least 4 members (excludes halogenated alkanes) is 1. The van der Waals surface area contributed by atoms with Gasteiger partial charge in [0.25, 0.3) is 0 Å². The summed E-state index contributed by atoms with van der Waals surface area (Å²) >= 11 is 9.65. The van der Waals surface area contributed by atoms with Gasteiger partial charge in [0.2, 0.25) is 0 Å². The fourth-order valence-corrected chi connectivity index (χ4v) is 2.57. The number of allylic oxidation sites excluding steroid dienone is 1. The monoisotopic (exact) mass is 315 g/mol. The Bertz CT molecular complexity index is 365. The molecule has 0 saturated carbocycles. The molecule has 0 aromatic heterocycles. The van der Waals surface area contributed by atoms with Gasteiger partial charge in [-0.3, -0.25) is 0 Å². The Balaban J connectivity index is 2.80. The largest absolute Gasteiger partial charge is 0.310 e. The summed E-state index contributed by atoms with van der Waals surface area (Å²) in [6, 6.07) is 6.30. The maximum absolute atomic E-state index is 6.06. The van der Waals surface area contributed by atoms with Gasteiger partial charge in [0, 0.05) is 15.5 Å². The standard InChI is InChI=1S/C14H19BrClN/c1-3-5-6-7-14(17-4-2)12-10-11(16)8-9-13(12)15/h3,8-10,14,17H,1,4-7H2,2H3. The minimum Gasteiger partial charge on any atom is -0.310 e. The predicted molar refractivity (Wildman–Crippen MR) is 79.6 cm³/mol. The molecule has 1 N–H and O–H groups in total. The molecule has 0 aliphatic heterocycles. The van der Waals surface area contributed by atoms with Crippen molar-refractivity contribution in [1.82, 2.24) is 5.32 Å². The Morgan fingerprint density at radius 3 is 2.94 bits per heavy atom. The summed E-state index contributed by atoms with van der Waals surface area (Å²) in [4.78, 5) is 0. The molecule has 0 spiro atoms. The lowest BCUT2D eigenvalue weighted by atomic mass is 10.0. The summed E-state index contributed by atoms with van der Waals surface area (Å²) in [5, 5.41) is 4.29. The van der Waals surface area contributed by atoms with E-state index in [0.29, 0.717) is 6.04 Å². The van der Waals surface area contributed by atoms with E-state index in [1.807, 2.05) is 24.3 Å². The molecule has 1 aromatic carbocycles. The third kappa shape index (κ3) is 4.82. The zero-order valence-corrected chi connectivity index (χ0v) is 12.5. The van der Waals surface area contributed by atoms with Crippen molar-refractivity contribution in [3.8, 4) is 0 Å². The minimum absolute atomic E-state index is 0.355. The Morgan fingerprint density at radius 2 is 2.29 bits per heavy atom. The molecular weight excluding hydrogens is 298 g/mol. The van der Waals surface area contributed by atoms with Gasteiger partial charge in [-0.1, -0.05) is 40.5 Å². The summed E-state index contributed by atoms with van der Waals surface area (Å²) in [6.45, 7) is 6.84. The first kappa shape index (κ1) is 14.7. The van der Waals surface area contributed by atoms with Gasteiger partial charge in [-0.05, 0) is 49.6 Å². The molecule has 17 heavy (non-hydrogen) atoms. The van der Waals surface area contributed by atoms with E-state index in [0.717, 1.165) is 35.3 Å². The van der Waals surface area contributed by atoms with E-state index in [1.165, 1.54) is 5.56 Å². The molecule has 1 unspecified atom stereocenters. The van der Waals surface area contributed by atoms with Gasteiger partial charge in [0.1, 0.15) is 0 Å². The maximum atomic E-state index is 6.06. The van der Waals surface area contributed by atoms with E-state index in [2.05, 4.69) is 34.7 Å². The summed E-state index contributed by atoms with van der Waals surface area (Å²) in [5.41, 5.74) is 1.24. The molecule has 0 saturated heterocycles. The van der Waals surface area contributed by atoms with Crippen LogP contribution in [0.1, 0.15) is 37.8 Å². The highest BCUT2D eigenvalue weighted by Gasteiger charge is 2.13. The molecule has 94 valence electrons. The van der Waals surface area contributed by atoms with Gasteiger partial charge in [-0.2, -0.15) is 0 Å². The van der Waals surface area contributed by atoms with Crippen molar-refractivity contribution in [3.05, 3.63) is 45.9 Å².